The van der Waals surface area contributed by atoms with E-state index in [1.807, 2.05) is 0 Å². The van der Waals surface area contributed by atoms with E-state index in [-0.39, 0.29) is 28.6 Å². The van der Waals surface area contributed by atoms with E-state index in [0.29, 0.717) is 0 Å². The van der Waals surface area contributed by atoms with Crippen LogP contribution in [0.1, 0.15) is 6.92 Å². The van der Waals surface area contributed by atoms with Crippen molar-refractivity contribution in [3.63, 3.8) is 0 Å². The van der Waals surface area contributed by atoms with Crippen LogP contribution >= 0.6 is 0 Å². The molecule has 0 unspecified atom stereocenters. The van der Waals surface area contributed by atoms with Crippen molar-refractivity contribution in [1.82, 2.24) is 0 Å². The van der Waals surface area contributed by atoms with Crippen molar-refractivity contribution in [1.29, 1.82) is 0 Å². The fraction of sp³-hybridized carbons (Fsp3) is 0.182. The Bertz CT molecular complexity index is 666. The van der Waals surface area contributed by atoms with E-state index >= 15 is 0 Å². The summed E-state index contributed by atoms with van der Waals surface area (Å²) in [5.41, 5.74) is -0.484. The monoisotopic (exact) mass is 251 g/mol. The number of nitro groups is 1. The molecule has 0 saturated heterocycles. The molecule has 1 aliphatic heterocycles. The molecule has 6 nitrogen and oxygen atoms in total. The smallest absolute Gasteiger partial charge is 0.295 e. The van der Waals surface area contributed by atoms with Crippen molar-refractivity contribution in [2.45, 2.75) is 6.92 Å². The molecule has 0 spiro atoms. The maximum Gasteiger partial charge on any atom is 0.295 e. The zero-order valence-corrected chi connectivity index (χ0v) is 9.34. The molecule has 0 saturated carbocycles. The Morgan fingerprint density at radius 2 is 2.28 bits per heavy atom. The summed E-state index contributed by atoms with van der Waals surface area (Å²) in [6.45, 7) is 1.76. The summed E-state index contributed by atoms with van der Waals surface area (Å²) in [6, 6.07) is 1.98. The number of nitro benzene ring substituents is 1. The first-order valence-corrected chi connectivity index (χ1v) is 5.12. The first-order chi connectivity index (χ1) is 8.54. The Morgan fingerprint density at radius 3 is 2.89 bits per heavy atom. The Kier molecular flexibility index (Phi) is 2.97. The lowest BCUT2D eigenvalue weighted by Gasteiger charge is -2.12. The lowest BCUT2D eigenvalue weighted by molar-refractivity contribution is -0.386. The van der Waals surface area contributed by atoms with Crippen LogP contribution in [-0.4, -0.2) is 11.5 Å². The second-order valence-corrected chi connectivity index (χ2v) is 3.45. The maximum atomic E-state index is 13.5. The first kappa shape index (κ1) is 12.0. The summed E-state index contributed by atoms with van der Waals surface area (Å²) < 4.78 is 18.2. The van der Waals surface area contributed by atoms with E-state index in [1.54, 1.807) is 6.92 Å². The second kappa shape index (κ2) is 4.44. The molecule has 1 aromatic rings. The van der Waals surface area contributed by atoms with E-state index in [2.05, 4.69) is 4.99 Å². The van der Waals surface area contributed by atoms with Gasteiger partial charge in [-0.15, -0.1) is 0 Å². The zero-order valence-electron chi connectivity index (χ0n) is 9.34. The maximum absolute atomic E-state index is 13.5. The van der Waals surface area contributed by atoms with Gasteiger partial charge in [0.05, 0.1) is 16.6 Å². The van der Waals surface area contributed by atoms with Crippen LogP contribution in [0, 0.1) is 15.9 Å². The summed E-state index contributed by atoms with van der Waals surface area (Å²) in [6.07, 6.45) is 1.15. The number of hydrogen-bond acceptors (Lipinski definition) is 5. The quantitative estimate of drug-likeness (QED) is 0.419. The van der Waals surface area contributed by atoms with Crippen molar-refractivity contribution in [2.75, 3.05) is 6.61 Å². The molecule has 7 heteroatoms. The molecule has 0 atom stereocenters. The third-order valence-corrected chi connectivity index (χ3v) is 2.34. The SMILES string of the molecule is CCOC([O-])=C1C=c2c(F)ccc([N+](=O)[O-])c2=N1. The van der Waals surface area contributed by atoms with Crippen LogP contribution in [-0.2, 0) is 4.74 Å². The number of ether oxygens (including phenoxy) is 1. The van der Waals surface area contributed by atoms with E-state index < -0.39 is 16.7 Å². The van der Waals surface area contributed by atoms with Crippen molar-refractivity contribution < 1.29 is 19.2 Å². The third-order valence-electron chi connectivity index (χ3n) is 2.34. The molecule has 0 fully saturated rings. The van der Waals surface area contributed by atoms with Crippen LogP contribution in [0.5, 0.6) is 0 Å². The summed E-state index contributed by atoms with van der Waals surface area (Å²) >= 11 is 0. The predicted molar refractivity (Wildman–Crippen MR) is 57.0 cm³/mol. The average Bonchev–Trinajstić information content (AvgIpc) is 2.75. The van der Waals surface area contributed by atoms with Gasteiger partial charge in [0.2, 0.25) is 0 Å². The Labute approximate surface area is 100 Å². The summed E-state index contributed by atoms with van der Waals surface area (Å²) in [4.78, 5) is 13.8. The second-order valence-electron chi connectivity index (χ2n) is 3.45. The van der Waals surface area contributed by atoms with E-state index in [0.717, 1.165) is 18.2 Å². The van der Waals surface area contributed by atoms with Crippen molar-refractivity contribution in [3.05, 3.63) is 50.3 Å². The van der Waals surface area contributed by atoms with Gasteiger partial charge in [0.25, 0.3) is 5.69 Å². The first-order valence-electron chi connectivity index (χ1n) is 5.12. The van der Waals surface area contributed by atoms with Gasteiger partial charge in [0, 0.05) is 11.3 Å². The highest BCUT2D eigenvalue weighted by molar-refractivity contribution is 5.52. The van der Waals surface area contributed by atoms with Gasteiger partial charge in [-0.1, -0.05) is 6.92 Å². The van der Waals surface area contributed by atoms with Crippen molar-refractivity contribution >= 4 is 11.8 Å². The molecule has 0 aliphatic carbocycles. The third kappa shape index (κ3) is 1.90. The van der Waals surface area contributed by atoms with Gasteiger partial charge < -0.3 is 9.84 Å². The van der Waals surface area contributed by atoms with Gasteiger partial charge in [0.15, 0.2) is 5.36 Å². The van der Waals surface area contributed by atoms with Crippen LogP contribution in [0.3, 0.4) is 0 Å². The lowest BCUT2D eigenvalue weighted by atomic mass is 10.2. The lowest BCUT2D eigenvalue weighted by Crippen LogP contribution is -2.27. The fourth-order valence-electron chi connectivity index (χ4n) is 1.57. The largest absolute Gasteiger partial charge is 0.612 e. The number of benzene rings is 1. The fourth-order valence-corrected chi connectivity index (χ4v) is 1.57. The van der Waals surface area contributed by atoms with E-state index in [9.17, 15) is 19.6 Å². The number of halogens is 1. The van der Waals surface area contributed by atoms with Gasteiger partial charge in [-0.2, -0.15) is 0 Å². The van der Waals surface area contributed by atoms with Crippen LogP contribution in [0.2, 0.25) is 0 Å². The van der Waals surface area contributed by atoms with Gasteiger partial charge in [-0.05, 0) is 18.7 Å². The number of non-ortho nitro benzene ring substituents is 1. The Morgan fingerprint density at radius 1 is 1.56 bits per heavy atom. The molecule has 18 heavy (non-hydrogen) atoms. The van der Waals surface area contributed by atoms with Crippen LogP contribution in [0.25, 0.3) is 6.08 Å². The van der Waals surface area contributed by atoms with Gasteiger partial charge in [0.1, 0.15) is 5.82 Å². The van der Waals surface area contributed by atoms with E-state index in [4.69, 9.17) is 4.74 Å². The van der Waals surface area contributed by atoms with Crippen molar-refractivity contribution in [2.24, 2.45) is 4.99 Å². The summed E-state index contributed by atoms with van der Waals surface area (Å²) in [7, 11) is 0. The molecule has 0 radical (unpaired) electrons. The summed E-state index contributed by atoms with van der Waals surface area (Å²) in [5, 5.41) is 22.0. The van der Waals surface area contributed by atoms with Gasteiger partial charge in [-0.3, -0.25) is 10.1 Å². The molecule has 0 N–H and O–H groups in total. The van der Waals surface area contributed by atoms with Crippen LogP contribution in [0.15, 0.2) is 28.8 Å². The molecule has 0 amide bonds. The van der Waals surface area contributed by atoms with Gasteiger partial charge in [-0.25, -0.2) is 9.38 Å². The number of hydrogen-bond donors (Lipinski definition) is 0. The molecule has 2 rings (SSSR count). The Hall–Kier alpha value is -2.44. The molecule has 94 valence electrons. The molecular weight excluding hydrogens is 243 g/mol. The van der Waals surface area contributed by atoms with E-state index in [1.165, 1.54) is 0 Å². The highest BCUT2D eigenvalue weighted by Gasteiger charge is 2.17. The minimum atomic E-state index is -0.734. The molecule has 0 bridgehead atoms. The number of fused-ring (bicyclic) bond motifs is 1. The van der Waals surface area contributed by atoms with Crippen LogP contribution < -0.4 is 15.7 Å². The molecule has 1 aliphatic rings. The topological polar surface area (TPSA) is 87.8 Å². The number of allylic oxidation sites excluding steroid dienone is 1. The van der Waals surface area contributed by atoms with Crippen LogP contribution in [0.4, 0.5) is 10.1 Å². The van der Waals surface area contributed by atoms with Crippen molar-refractivity contribution in [3.8, 4) is 0 Å². The zero-order chi connectivity index (χ0) is 13.3. The normalized spacial score (nSPS) is 15.4. The number of rotatable bonds is 3. The minimum absolute atomic E-state index is 0.0627. The highest BCUT2D eigenvalue weighted by Crippen LogP contribution is 2.11. The minimum Gasteiger partial charge on any atom is -0.612 e. The standard InChI is InChI=1S/C11H9FN2O4/c1-2-18-11(15)8-5-6-7(12)3-4-9(14(16)17)10(6)13-8/h3-5,15H,2H2,1H3/p-1. The molecule has 1 aromatic carbocycles. The molecular formula is C11H8FN2O4-. The molecule has 1 heterocycles. The predicted octanol–water partition coefficient (Wildman–Crippen LogP) is -0.286. The highest BCUT2D eigenvalue weighted by atomic mass is 19.1. The average molecular weight is 251 g/mol. The molecule has 0 aromatic heterocycles. The summed E-state index contributed by atoms with van der Waals surface area (Å²) in [5.74, 6) is -1.40. The number of nitrogens with zero attached hydrogens (tertiary/aromatic N) is 2. The Balaban J connectivity index is 2.71. The van der Waals surface area contributed by atoms with Gasteiger partial charge >= 0.3 is 0 Å².